The van der Waals surface area contributed by atoms with Crippen LogP contribution in [-0.4, -0.2) is 7.05 Å². The molecular weight excluding hydrogens is 302 g/mol. The molecule has 25 heavy (non-hydrogen) atoms. The smallest absolute Gasteiger partial charge is 0.00275 e. The van der Waals surface area contributed by atoms with Gasteiger partial charge in [-0.3, -0.25) is 0 Å². The number of aryl methyl sites for hydroxylation is 1. The highest BCUT2D eigenvalue weighted by Gasteiger charge is 2.17. The average molecular weight is 336 g/mol. The topological polar surface area (TPSA) is 12.0 Å². The molecule has 1 aliphatic carbocycles. The van der Waals surface area contributed by atoms with Crippen LogP contribution in [0.3, 0.4) is 0 Å². The van der Waals surface area contributed by atoms with Crippen molar-refractivity contribution >= 4 is 5.57 Å². The zero-order valence-electron chi connectivity index (χ0n) is 16.2. The molecule has 2 rings (SSSR count). The van der Waals surface area contributed by atoms with E-state index in [0.29, 0.717) is 0 Å². The molecule has 0 aromatic heterocycles. The van der Waals surface area contributed by atoms with E-state index >= 15 is 0 Å². The highest BCUT2D eigenvalue weighted by Crippen LogP contribution is 2.37. The van der Waals surface area contributed by atoms with Crippen molar-refractivity contribution in [2.24, 2.45) is 0 Å². The second kappa shape index (κ2) is 11.3. The van der Waals surface area contributed by atoms with Crippen LogP contribution in [0.4, 0.5) is 0 Å². The quantitative estimate of drug-likeness (QED) is 0.542. The zero-order valence-corrected chi connectivity index (χ0v) is 16.2. The minimum atomic E-state index is 0.942. The van der Waals surface area contributed by atoms with Gasteiger partial charge in [0.1, 0.15) is 0 Å². The Morgan fingerprint density at radius 1 is 1.04 bits per heavy atom. The van der Waals surface area contributed by atoms with Gasteiger partial charge < -0.3 is 5.32 Å². The fraction of sp³-hybridized carbons (Fsp3) is 0.333. The third-order valence-electron chi connectivity index (χ3n) is 4.48. The summed E-state index contributed by atoms with van der Waals surface area (Å²) in [4.78, 5) is 0. The monoisotopic (exact) mass is 335 g/mol. The zero-order chi connectivity index (χ0) is 18.7. The molecular formula is C24H33N. The van der Waals surface area contributed by atoms with Crippen molar-refractivity contribution in [3.63, 3.8) is 0 Å². The molecule has 0 fully saturated rings. The van der Waals surface area contributed by atoms with E-state index < -0.39 is 0 Å². The van der Waals surface area contributed by atoms with Gasteiger partial charge >= 0.3 is 0 Å². The highest BCUT2D eigenvalue weighted by molar-refractivity contribution is 5.76. The van der Waals surface area contributed by atoms with Gasteiger partial charge in [0.15, 0.2) is 0 Å². The Bertz CT molecular complexity index is 659. The molecule has 1 nitrogen and oxygen atoms in total. The SMILES string of the molecule is C=CCC1=C(CC)CC(c2cc(CC=C)ccc2CC)=C1.C=CNC. The van der Waals surface area contributed by atoms with Crippen LogP contribution in [0.5, 0.6) is 0 Å². The lowest BCUT2D eigenvalue weighted by molar-refractivity contribution is 1.02. The third-order valence-corrected chi connectivity index (χ3v) is 4.48. The summed E-state index contributed by atoms with van der Waals surface area (Å²) in [6.07, 6.45) is 13.3. The van der Waals surface area contributed by atoms with Crippen molar-refractivity contribution in [1.29, 1.82) is 0 Å². The molecule has 1 heteroatoms. The van der Waals surface area contributed by atoms with Crippen LogP contribution in [0.25, 0.3) is 5.57 Å². The summed E-state index contributed by atoms with van der Waals surface area (Å²) < 4.78 is 0. The van der Waals surface area contributed by atoms with E-state index in [1.54, 1.807) is 11.8 Å². The lowest BCUT2D eigenvalue weighted by Gasteiger charge is -2.12. The first-order valence-corrected chi connectivity index (χ1v) is 9.18. The summed E-state index contributed by atoms with van der Waals surface area (Å²) in [6, 6.07) is 6.88. The molecule has 0 atom stereocenters. The van der Waals surface area contributed by atoms with Gasteiger partial charge in [-0.2, -0.15) is 0 Å². The number of hydrogen-bond donors (Lipinski definition) is 1. The molecule has 0 amide bonds. The van der Waals surface area contributed by atoms with Crippen LogP contribution in [0.15, 0.2) is 73.5 Å². The maximum absolute atomic E-state index is 3.89. The van der Waals surface area contributed by atoms with E-state index in [2.05, 4.69) is 63.2 Å². The molecule has 0 bridgehead atoms. The molecule has 1 aromatic rings. The lowest BCUT2D eigenvalue weighted by atomic mass is 9.93. The molecule has 0 heterocycles. The van der Waals surface area contributed by atoms with Crippen LogP contribution in [-0.2, 0) is 12.8 Å². The van der Waals surface area contributed by atoms with Crippen molar-refractivity contribution in [2.45, 2.75) is 46.0 Å². The van der Waals surface area contributed by atoms with Crippen LogP contribution in [0.1, 0.15) is 49.8 Å². The largest absolute Gasteiger partial charge is 0.394 e. The normalized spacial score (nSPS) is 12.8. The summed E-state index contributed by atoms with van der Waals surface area (Å²) in [5, 5.41) is 2.69. The molecule has 1 aromatic carbocycles. The lowest BCUT2D eigenvalue weighted by Crippen LogP contribution is -1.94. The van der Waals surface area contributed by atoms with Gasteiger partial charge in [0.2, 0.25) is 0 Å². The van der Waals surface area contributed by atoms with Gasteiger partial charge in [-0.1, -0.05) is 62.4 Å². The summed E-state index contributed by atoms with van der Waals surface area (Å²) in [6.45, 7) is 15.6. The molecule has 0 spiro atoms. The molecule has 1 N–H and O–H groups in total. The number of nitrogens with one attached hydrogen (secondary N) is 1. The Hall–Kier alpha value is -2.28. The Labute approximate surface area is 154 Å². The van der Waals surface area contributed by atoms with Crippen molar-refractivity contribution < 1.29 is 0 Å². The van der Waals surface area contributed by atoms with Gasteiger partial charge in [0, 0.05) is 7.05 Å². The van der Waals surface area contributed by atoms with E-state index in [-0.39, 0.29) is 0 Å². The van der Waals surface area contributed by atoms with E-state index in [1.807, 2.05) is 19.2 Å². The first kappa shape index (κ1) is 20.8. The maximum Gasteiger partial charge on any atom is 0.00275 e. The third kappa shape index (κ3) is 5.94. The highest BCUT2D eigenvalue weighted by atomic mass is 14.8. The van der Waals surface area contributed by atoms with E-state index in [0.717, 1.165) is 32.1 Å². The second-order valence-corrected chi connectivity index (χ2v) is 6.15. The minimum absolute atomic E-state index is 0.942. The molecule has 0 radical (unpaired) electrons. The molecule has 1 aliphatic rings. The molecule has 0 saturated carbocycles. The minimum Gasteiger partial charge on any atom is -0.394 e. The van der Waals surface area contributed by atoms with E-state index in [1.165, 1.54) is 27.8 Å². The molecule has 0 aliphatic heterocycles. The number of benzene rings is 1. The number of allylic oxidation sites excluding steroid dienone is 6. The van der Waals surface area contributed by atoms with Crippen molar-refractivity contribution in [1.82, 2.24) is 5.32 Å². The fourth-order valence-corrected chi connectivity index (χ4v) is 3.12. The maximum atomic E-state index is 3.89. The van der Waals surface area contributed by atoms with Crippen molar-refractivity contribution in [2.75, 3.05) is 7.05 Å². The molecule has 0 saturated heterocycles. The standard InChI is InChI=1S/C21H26.C3H7N/c1-5-9-16-11-12-17(7-3)21(13-16)20-14-18(8-4)19(15-20)10-6-2;1-3-4-2/h5-6,11-13,15H,1-2,7-10,14H2,3-4H3;3-4H,1H2,2H3. The van der Waals surface area contributed by atoms with Crippen molar-refractivity contribution in [3.05, 3.63) is 90.2 Å². The van der Waals surface area contributed by atoms with Crippen molar-refractivity contribution in [3.8, 4) is 0 Å². The van der Waals surface area contributed by atoms with E-state index in [9.17, 15) is 0 Å². The summed E-state index contributed by atoms with van der Waals surface area (Å²) in [5.41, 5.74) is 8.76. The van der Waals surface area contributed by atoms with Gasteiger partial charge in [-0.25, -0.2) is 0 Å². The first-order valence-electron chi connectivity index (χ1n) is 9.18. The van der Waals surface area contributed by atoms with E-state index in [4.69, 9.17) is 0 Å². The number of rotatable bonds is 8. The summed E-state index contributed by atoms with van der Waals surface area (Å²) >= 11 is 0. The van der Waals surface area contributed by atoms with Gasteiger partial charge in [0.05, 0.1) is 0 Å². The molecule has 0 unspecified atom stereocenters. The number of hydrogen-bond acceptors (Lipinski definition) is 1. The van der Waals surface area contributed by atoms with Crippen LogP contribution in [0, 0.1) is 0 Å². The first-order chi connectivity index (χ1) is 12.1. The average Bonchev–Trinajstić information content (AvgIpc) is 3.05. The van der Waals surface area contributed by atoms with Gasteiger partial charge in [-0.15, -0.1) is 13.2 Å². The predicted octanol–water partition coefficient (Wildman–Crippen LogP) is 6.40. The summed E-state index contributed by atoms with van der Waals surface area (Å²) in [7, 11) is 1.81. The Balaban J connectivity index is 0.000000705. The van der Waals surface area contributed by atoms with Crippen LogP contribution in [0.2, 0.25) is 0 Å². The molecule has 134 valence electrons. The van der Waals surface area contributed by atoms with Crippen LogP contribution < -0.4 is 5.32 Å². The summed E-state index contributed by atoms with van der Waals surface area (Å²) in [5.74, 6) is 0. The Morgan fingerprint density at radius 3 is 2.24 bits per heavy atom. The predicted molar refractivity (Wildman–Crippen MR) is 114 cm³/mol. The Morgan fingerprint density at radius 2 is 1.72 bits per heavy atom. The second-order valence-electron chi connectivity index (χ2n) is 6.15. The van der Waals surface area contributed by atoms with Gasteiger partial charge in [-0.05, 0) is 66.1 Å². The fourth-order valence-electron chi connectivity index (χ4n) is 3.12. The van der Waals surface area contributed by atoms with Gasteiger partial charge in [0.25, 0.3) is 0 Å². The van der Waals surface area contributed by atoms with Crippen LogP contribution >= 0.6 is 0 Å². The Kier molecular flexibility index (Phi) is 9.39.